The van der Waals surface area contributed by atoms with E-state index in [1.54, 1.807) is 0 Å². The molecule has 0 saturated carbocycles. The van der Waals surface area contributed by atoms with Crippen LogP contribution in [0.15, 0.2) is 30.3 Å². The molecule has 1 radical (unpaired) electrons. The summed E-state index contributed by atoms with van der Waals surface area (Å²) in [7, 11) is 0. The summed E-state index contributed by atoms with van der Waals surface area (Å²) < 4.78 is 0. The van der Waals surface area contributed by atoms with Crippen LogP contribution in [0.4, 0.5) is 0 Å². The third-order valence-electron chi connectivity index (χ3n) is 3.23. The second kappa shape index (κ2) is 5.12. The highest BCUT2D eigenvalue weighted by atomic mass is 16.1. The van der Waals surface area contributed by atoms with Crippen LogP contribution >= 0.6 is 0 Å². The van der Waals surface area contributed by atoms with Gasteiger partial charge in [-0.1, -0.05) is 30.3 Å². The van der Waals surface area contributed by atoms with E-state index in [0.717, 1.165) is 25.9 Å². The van der Waals surface area contributed by atoms with Crippen molar-refractivity contribution in [1.82, 2.24) is 10.6 Å². The van der Waals surface area contributed by atoms with Crippen molar-refractivity contribution < 1.29 is 4.79 Å². The smallest absolute Gasteiger partial charge is 0.252 e. The summed E-state index contributed by atoms with van der Waals surface area (Å²) >= 11 is 0. The van der Waals surface area contributed by atoms with Crippen molar-refractivity contribution >= 4 is 5.91 Å². The number of rotatable bonds is 3. The van der Waals surface area contributed by atoms with E-state index >= 15 is 0 Å². The van der Waals surface area contributed by atoms with E-state index in [2.05, 4.69) is 29.2 Å². The predicted molar refractivity (Wildman–Crippen MR) is 63.0 cm³/mol. The minimum Gasteiger partial charge on any atom is -0.294 e. The molecule has 0 bridgehead atoms. The molecule has 1 aliphatic rings. The second-order valence-electron chi connectivity index (χ2n) is 4.38. The number of hydrogen-bond acceptors (Lipinski definition) is 2. The Morgan fingerprint density at radius 3 is 2.44 bits per heavy atom. The first kappa shape index (κ1) is 11.1. The van der Waals surface area contributed by atoms with Crippen LogP contribution in [0.1, 0.15) is 24.3 Å². The summed E-state index contributed by atoms with van der Waals surface area (Å²) in [5.74, 6) is 0.149. The van der Waals surface area contributed by atoms with Gasteiger partial charge in [0.2, 0.25) is 0 Å². The normalized spacial score (nSPS) is 18.5. The van der Waals surface area contributed by atoms with E-state index in [9.17, 15) is 4.79 Å². The van der Waals surface area contributed by atoms with Crippen molar-refractivity contribution in [3.8, 4) is 0 Å². The third-order valence-corrected chi connectivity index (χ3v) is 3.23. The fourth-order valence-electron chi connectivity index (χ4n) is 2.35. The standard InChI is InChI=1S/C13H17N2O/c14-13(16)10-15-8-6-12(7-9-15)11-4-2-1-3-5-11/h1-5,12,14H,6-10H2. The number of carbonyl (C=O) groups excluding carboxylic acids is 1. The van der Waals surface area contributed by atoms with Gasteiger partial charge in [-0.25, -0.2) is 0 Å². The van der Waals surface area contributed by atoms with Crippen molar-refractivity contribution in [2.24, 2.45) is 0 Å². The summed E-state index contributed by atoms with van der Waals surface area (Å²) in [6.07, 6.45) is 2.19. The summed E-state index contributed by atoms with van der Waals surface area (Å²) in [4.78, 5) is 12.8. The molecule has 3 nitrogen and oxygen atoms in total. The zero-order valence-corrected chi connectivity index (χ0v) is 9.36. The lowest BCUT2D eigenvalue weighted by Crippen LogP contribution is -2.37. The van der Waals surface area contributed by atoms with Crippen LogP contribution < -0.4 is 5.73 Å². The van der Waals surface area contributed by atoms with E-state index in [0.29, 0.717) is 12.5 Å². The minimum atomic E-state index is -0.474. The first-order valence-corrected chi connectivity index (χ1v) is 5.77. The maximum Gasteiger partial charge on any atom is 0.252 e. The zero-order valence-electron chi connectivity index (χ0n) is 9.36. The first-order chi connectivity index (χ1) is 7.75. The van der Waals surface area contributed by atoms with E-state index in [1.165, 1.54) is 5.56 Å². The quantitative estimate of drug-likeness (QED) is 0.773. The van der Waals surface area contributed by atoms with Gasteiger partial charge in [0, 0.05) is 0 Å². The van der Waals surface area contributed by atoms with Gasteiger partial charge < -0.3 is 0 Å². The molecule has 1 heterocycles. The van der Waals surface area contributed by atoms with Crippen molar-refractivity contribution in [3.63, 3.8) is 0 Å². The molecule has 0 unspecified atom stereocenters. The predicted octanol–water partition coefficient (Wildman–Crippen LogP) is 1.68. The van der Waals surface area contributed by atoms with Crippen LogP contribution in [0.3, 0.4) is 0 Å². The molecule has 16 heavy (non-hydrogen) atoms. The maximum absolute atomic E-state index is 10.7. The maximum atomic E-state index is 10.7. The Bertz CT molecular complexity index is 342. The highest BCUT2D eigenvalue weighted by Crippen LogP contribution is 2.27. The van der Waals surface area contributed by atoms with Crippen molar-refractivity contribution in [2.75, 3.05) is 19.6 Å². The average molecular weight is 217 g/mol. The van der Waals surface area contributed by atoms with Crippen LogP contribution in [-0.4, -0.2) is 30.4 Å². The van der Waals surface area contributed by atoms with E-state index in [4.69, 9.17) is 5.73 Å². The molecule has 1 amide bonds. The third kappa shape index (κ3) is 2.83. The lowest BCUT2D eigenvalue weighted by Gasteiger charge is -2.31. The Morgan fingerprint density at radius 2 is 1.88 bits per heavy atom. The van der Waals surface area contributed by atoms with E-state index in [-0.39, 0.29) is 0 Å². The SMILES string of the molecule is [NH]C(=O)CN1CCC(c2ccccc2)CC1. The molecular formula is C13H17N2O. The number of piperidine rings is 1. The lowest BCUT2D eigenvalue weighted by molar-refractivity contribution is -0.120. The molecule has 1 N–H and O–H groups in total. The molecule has 1 saturated heterocycles. The molecule has 0 aromatic heterocycles. The van der Waals surface area contributed by atoms with Gasteiger partial charge in [-0.15, -0.1) is 0 Å². The van der Waals surface area contributed by atoms with Gasteiger partial charge in [0.1, 0.15) is 0 Å². The first-order valence-electron chi connectivity index (χ1n) is 5.77. The number of amides is 1. The van der Waals surface area contributed by atoms with Gasteiger partial charge in [-0.05, 0) is 37.4 Å². The van der Waals surface area contributed by atoms with Crippen LogP contribution in [0, 0.1) is 0 Å². The Kier molecular flexibility index (Phi) is 3.57. The highest BCUT2D eigenvalue weighted by Gasteiger charge is 2.21. The van der Waals surface area contributed by atoms with Gasteiger partial charge in [-0.3, -0.25) is 15.4 Å². The molecule has 0 aliphatic carbocycles. The lowest BCUT2D eigenvalue weighted by atomic mass is 9.89. The fourth-order valence-corrected chi connectivity index (χ4v) is 2.35. The van der Waals surface area contributed by atoms with Crippen LogP contribution in [-0.2, 0) is 4.79 Å². The number of benzene rings is 1. The van der Waals surface area contributed by atoms with Crippen molar-refractivity contribution in [1.29, 1.82) is 0 Å². The minimum absolute atomic E-state index is 0.293. The molecule has 1 aliphatic heterocycles. The largest absolute Gasteiger partial charge is 0.294 e. The molecule has 1 aromatic rings. The highest BCUT2D eigenvalue weighted by molar-refractivity contribution is 5.75. The zero-order chi connectivity index (χ0) is 11.4. The van der Waals surface area contributed by atoms with Gasteiger partial charge in [-0.2, -0.15) is 0 Å². The molecule has 0 atom stereocenters. The molecule has 85 valence electrons. The van der Waals surface area contributed by atoms with E-state index in [1.807, 2.05) is 6.07 Å². The fraction of sp³-hybridized carbons (Fsp3) is 0.462. The van der Waals surface area contributed by atoms with Gasteiger partial charge in [0.05, 0.1) is 6.54 Å². The van der Waals surface area contributed by atoms with Crippen LogP contribution in [0.25, 0.3) is 0 Å². The van der Waals surface area contributed by atoms with E-state index < -0.39 is 5.91 Å². The summed E-state index contributed by atoms with van der Waals surface area (Å²) in [6, 6.07) is 10.5. The average Bonchev–Trinajstić information content (AvgIpc) is 2.30. The molecule has 2 rings (SSSR count). The Balaban J connectivity index is 1.88. The monoisotopic (exact) mass is 217 g/mol. The topological polar surface area (TPSA) is 44.1 Å². The molecule has 3 heteroatoms. The van der Waals surface area contributed by atoms with Crippen LogP contribution in [0.5, 0.6) is 0 Å². The number of nitrogens with one attached hydrogen (secondary N) is 1. The molecule has 1 fully saturated rings. The number of nitrogens with zero attached hydrogens (tertiary/aromatic N) is 1. The number of likely N-dealkylation sites (tertiary alicyclic amines) is 1. The Hall–Kier alpha value is -1.35. The molecule has 0 spiro atoms. The summed E-state index contributed by atoms with van der Waals surface area (Å²) in [5, 5.41) is 0. The molecule has 1 aromatic carbocycles. The number of hydrogen-bond donors (Lipinski definition) is 0. The van der Waals surface area contributed by atoms with Crippen molar-refractivity contribution in [2.45, 2.75) is 18.8 Å². The van der Waals surface area contributed by atoms with Gasteiger partial charge >= 0.3 is 0 Å². The van der Waals surface area contributed by atoms with Crippen molar-refractivity contribution in [3.05, 3.63) is 35.9 Å². The summed E-state index contributed by atoms with van der Waals surface area (Å²) in [6.45, 7) is 2.16. The molecular weight excluding hydrogens is 200 g/mol. The summed E-state index contributed by atoms with van der Waals surface area (Å²) in [5.41, 5.74) is 8.35. The Labute approximate surface area is 96.2 Å². The van der Waals surface area contributed by atoms with Crippen LogP contribution in [0.2, 0.25) is 0 Å². The second-order valence-corrected chi connectivity index (χ2v) is 4.38. The Morgan fingerprint density at radius 1 is 1.25 bits per heavy atom. The van der Waals surface area contributed by atoms with Gasteiger partial charge in [0.15, 0.2) is 0 Å². The number of carbonyl (C=O) groups is 1. The van der Waals surface area contributed by atoms with Gasteiger partial charge in [0.25, 0.3) is 5.91 Å².